The Kier molecular flexibility index (Phi) is 5.97. The molecule has 0 fully saturated rings. The molecule has 0 aliphatic rings. The molecule has 0 spiro atoms. The van der Waals surface area contributed by atoms with Crippen molar-refractivity contribution in [1.29, 1.82) is 0 Å². The van der Waals surface area contributed by atoms with Crippen LogP contribution in [0.5, 0.6) is 0 Å². The zero-order valence-electron chi connectivity index (χ0n) is 16.6. The summed E-state index contributed by atoms with van der Waals surface area (Å²) in [6.45, 7) is 5.92. The summed E-state index contributed by atoms with van der Waals surface area (Å²) in [5.74, 6) is -1.31. The topological polar surface area (TPSA) is 102 Å². The average Bonchev–Trinajstić information content (AvgIpc) is 3.25. The van der Waals surface area contributed by atoms with E-state index in [2.05, 4.69) is 15.7 Å². The second kappa shape index (κ2) is 8.44. The predicted octanol–water partition coefficient (Wildman–Crippen LogP) is 2.76. The van der Waals surface area contributed by atoms with E-state index in [0.717, 1.165) is 21.5 Å². The van der Waals surface area contributed by atoms with Crippen LogP contribution < -0.4 is 10.6 Å². The fourth-order valence-electron chi connectivity index (χ4n) is 2.74. The van der Waals surface area contributed by atoms with Gasteiger partial charge in [0.2, 0.25) is 0 Å². The highest BCUT2D eigenvalue weighted by Gasteiger charge is 2.23. The second-order valence-electron chi connectivity index (χ2n) is 6.67. The SMILES string of the molecule is CNC(=O)NC(=O)[C@@H](C)OC(=O)c1cc2c(C)nn(Cc3ccc(C)cc3)c2s1. The largest absolute Gasteiger partial charge is 0.448 e. The van der Waals surface area contributed by atoms with Crippen molar-refractivity contribution in [3.63, 3.8) is 0 Å². The number of amides is 3. The van der Waals surface area contributed by atoms with Gasteiger partial charge >= 0.3 is 12.0 Å². The monoisotopic (exact) mass is 414 g/mol. The van der Waals surface area contributed by atoms with Crippen molar-refractivity contribution in [3.8, 4) is 0 Å². The van der Waals surface area contributed by atoms with Gasteiger partial charge in [-0.15, -0.1) is 11.3 Å². The molecule has 0 aliphatic carbocycles. The van der Waals surface area contributed by atoms with E-state index in [9.17, 15) is 14.4 Å². The third kappa shape index (κ3) is 4.62. The van der Waals surface area contributed by atoms with Crippen LogP contribution in [0.4, 0.5) is 4.79 Å². The molecular weight excluding hydrogens is 392 g/mol. The van der Waals surface area contributed by atoms with Crippen LogP contribution in [0.2, 0.25) is 0 Å². The number of ether oxygens (including phenoxy) is 1. The molecule has 29 heavy (non-hydrogen) atoms. The molecule has 2 N–H and O–H groups in total. The van der Waals surface area contributed by atoms with Crippen molar-refractivity contribution in [1.82, 2.24) is 20.4 Å². The lowest BCUT2D eigenvalue weighted by molar-refractivity contribution is -0.127. The van der Waals surface area contributed by atoms with Crippen LogP contribution in [0, 0.1) is 13.8 Å². The number of benzene rings is 1. The van der Waals surface area contributed by atoms with Crippen LogP contribution in [0.3, 0.4) is 0 Å². The normalized spacial score (nSPS) is 11.9. The predicted molar refractivity (Wildman–Crippen MR) is 110 cm³/mol. The summed E-state index contributed by atoms with van der Waals surface area (Å²) < 4.78 is 7.06. The molecule has 3 rings (SSSR count). The zero-order chi connectivity index (χ0) is 21.1. The molecule has 3 aromatic rings. The van der Waals surface area contributed by atoms with Gasteiger partial charge < -0.3 is 10.1 Å². The minimum absolute atomic E-state index is 0.373. The van der Waals surface area contributed by atoms with E-state index in [1.807, 2.05) is 42.8 Å². The highest BCUT2D eigenvalue weighted by molar-refractivity contribution is 7.20. The summed E-state index contributed by atoms with van der Waals surface area (Å²) in [6, 6.07) is 9.25. The van der Waals surface area contributed by atoms with Gasteiger partial charge in [0, 0.05) is 12.4 Å². The van der Waals surface area contributed by atoms with Gasteiger partial charge in [-0.2, -0.15) is 5.10 Å². The molecule has 0 unspecified atom stereocenters. The minimum atomic E-state index is -1.10. The zero-order valence-corrected chi connectivity index (χ0v) is 17.4. The van der Waals surface area contributed by atoms with Crippen molar-refractivity contribution >= 4 is 39.5 Å². The molecular formula is C20H22N4O4S. The summed E-state index contributed by atoms with van der Waals surface area (Å²) in [4.78, 5) is 36.8. The maximum atomic E-state index is 12.5. The molecule has 9 heteroatoms. The number of esters is 1. The van der Waals surface area contributed by atoms with Crippen molar-refractivity contribution in [3.05, 3.63) is 52.0 Å². The average molecular weight is 414 g/mol. The van der Waals surface area contributed by atoms with Gasteiger partial charge in [-0.05, 0) is 32.4 Å². The first-order valence-corrected chi connectivity index (χ1v) is 9.86. The van der Waals surface area contributed by atoms with E-state index in [0.29, 0.717) is 11.4 Å². The van der Waals surface area contributed by atoms with E-state index in [1.165, 1.54) is 30.9 Å². The lowest BCUT2D eigenvalue weighted by atomic mass is 10.1. The first-order valence-electron chi connectivity index (χ1n) is 9.04. The Morgan fingerprint density at radius 3 is 2.55 bits per heavy atom. The van der Waals surface area contributed by atoms with Crippen LogP contribution in [-0.2, 0) is 16.1 Å². The Labute approximate surface area is 171 Å². The molecule has 3 amide bonds. The second-order valence-corrected chi connectivity index (χ2v) is 7.70. The minimum Gasteiger partial charge on any atom is -0.448 e. The standard InChI is InChI=1S/C20H22N4O4S/c1-11-5-7-14(8-6-11)10-24-18-15(12(2)23-24)9-16(29-18)19(26)28-13(3)17(25)22-20(27)21-4/h5-9,13H,10H2,1-4H3,(H2,21,22,25,27)/t13-/m1/s1. The van der Waals surface area contributed by atoms with Crippen LogP contribution in [0.25, 0.3) is 10.2 Å². The van der Waals surface area contributed by atoms with E-state index >= 15 is 0 Å². The molecule has 1 aromatic carbocycles. The van der Waals surface area contributed by atoms with Crippen LogP contribution in [-0.4, -0.2) is 40.8 Å². The molecule has 0 radical (unpaired) electrons. The number of urea groups is 1. The molecule has 0 saturated heterocycles. The summed E-state index contributed by atoms with van der Waals surface area (Å²) in [5, 5.41) is 9.78. The summed E-state index contributed by atoms with van der Waals surface area (Å²) in [5.41, 5.74) is 3.11. The quantitative estimate of drug-likeness (QED) is 0.625. The number of rotatable bonds is 5. The van der Waals surface area contributed by atoms with E-state index in [4.69, 9.17) is 4.74 Å². The van der Waals surface area contributed by atoms with Gasteiger partial charge in [-0.3, -0.25) is 14.8 Å². The Morgan fingerprint density at radius 2 is 1.90 bits per heavy atom. The Hall–Kier alpha value is -3.20. The van der Waals surface area contributed by atoms with Crippen LogP contribution in [0.15, 0.2) is 30.3 Å². The van der Waals surface area contributed by atoms with Gasteiger partial charge in [-0.25, -0.2) is 9.59 Å². The van der Waals surface area contributed by atoms with Gasteiger partial charge in [0.25, 0.3) is 5.91 Å². The number of carbonyl (C=O) groups excluding carboxylic acids is 3. The summed E-state index contributed by atoms with van der Waals surface area (Å²) in [7, 11) is 1.39. The molecule has 0 aliphatic heterocycles. The van der Waals surface area contributed by atoms with Gasteiger partial charge in [-0.1, -0.05) is 29.8 Å². The molecule has 2 heterocycles. The van der Waals surface area contributed by atoms with Crippen molar-refractivity contribution in [2.75, 3.05) is 7.05 Å². The third-order valence-corrected chi connectivity index (χ3v) is 5.51. The van der Waals surface area contributed by atoms with E-state index in [-0.39, 0.29) is 0 Å². The van der Waals surface area contributed by atoms with Crippen LogP contribution >= 0.6 is 11.3 Å². The first kappa shape index (κ1) is 20.5. The van der Waals surface area contributed by atoms with Gasteiger partial charge in [0.15, 0.2) is 6.10 Å². The number of hydrogen-bond donors (Lipinski definition) is 2. The third-order valence-electron chi connectivity index (χ3n) is 4.38. The Bertz CT molecular complexity index is 1070. The number of thiophene rings is 1. The van der Waals surface area contributed by atoms with Gasteiger partial charge in [0.05, 0.1) is 12.2 Å². The number of nitrogens with one attached hydrogen (secondary N) is 2. The highest BCUT2D eigenvalue weighted by Crippen LogP contribution is 2.29. The maximum Gasteiger partial charge on any atom is 0.349 e. The van der Waals surface area contributed by atoms with E-state index < -0.39 is 24.0 Å². The summed E-state index contributed by atoms with van der Waals surface area (Å²) in [6.07, 6.45) is -1.10. The first-order chi connectivity index (χ1) is 13.8. The lowest BCUT2D eigenvalue weighted by Gasteiger charge is -2.11. The fourth-order valence-corrected chi connectivity index (χ4v) is 3.78. The van der Waals surface area contributed by atoms with Crippen molar-refractivity contribution in [2.45, 2.75) is 33.4 Å². The number of nitrogens with zero attached hydrogens (tertiary/aromatic N) is 2. The number of aromatic nitrogens is 2. The van der Waals surface area contributed by atoms with Crippen LogP contribution in [0.1, 0.15) is 33.4 Å². The lowest BCUT2D eigenvalue weighted by Crippen LogP contribution is -2.43. The fraction of sp³-hybridized carbons (Fsp3) is 0.300. The summed E-state index contributed by atoms with van der Waals surface area (Å²) >= 11 is 1.26. The smallest absolute Gasteiger partial charge is 0.349 e. The molecule has 0 saturated carbocycles. The van der Waals surface area contributed by atoms with Crippen molar-refractivity contribution < 1.29 is 19.1 Å². The van der Waals surface area contributed by atoms with Gasteiger partial charge in [0.1, 0.15) is 9.71 Å². The molecule has 1 atom stereocenters. The highest BCUT2D eigenvalue weighted by atomic mass is 32.1. The number of aryl methyl sites for hydroxylation is 2. The molecule has 152 valence electrons. The number of fused-ring (bicyclic) bond motifs is 1. The Morgan fingerprint density at radius 1 is 1.21 bits per heavy atom. The Balaban J connectivity index is 1.77. The maximum absolute atomic E-state index is 12.5. The number of carbonyl (C=O) groups is 3. The number of imide groups is 1. The number of hydrogen-bond acceptors (Lipinski definition) is 6. The molecule has 0 bridgehead atoms. The molecule has 8 nitrogen and oxygen atoms in total. The molecule has 2 aromatic heterocycles. The van der Waals surface area contributed by atoms with Crippen molar-refractivity contribution in [2.24, 2.45) is 0 Å². The van der Waals surface area contributed by atoms with E-state index in [1.54, 1.807) is 6.07 Å².